The van der Waals surface area contributed by atoms with Gasteiger partial charge in [0.05, 0.1) is 11.9 Å². The maximum atomic E-state index is 4.68. The second kappa shape index (κ2) is 5.51. The van der Waals surface area contributed by atoms with Crippen molar-refractivity contribution in [1.29, 1.82) is 0 Å². The molecule has 156 valence electrons. The van der Waals surface area contributed by atoms with E-state index in [0.717, 1.165) is 11.5 Å². The van der Waals surface area contributed by atoms with E-state index in [1.54, 1.807) is 11.9 Å². The number of nitrogens with zero attached hydrogens (tertiary/aromatic N) is 6. The van der Waals surface area contributed by atoms with Crippen LogP contribution in [0.15, 0.2) is 79.0 Å². The van der Waals surface area contributed by atoms with Gasteiger partial charge in [-0.1, -0.05) is 36.4 Å². The van der Waals surface area contributed by atoms with Gasteiger partial charge in [-0.3, -0.25) is 4.90 Å². The second-order valence-electron chi connectivity index (χ2n) is 9.32. The zero-order valence-electron chi connectivity index (χ0n) is 17.9. The summed E-state index contributed by atoms with van der Waals surface area (Å²) in [5.74, 6) is 1.94. The highest BCUT2D eigenvalue weighted by Gasteiger charge is 2.61. The molecule has 5 aliphatic rings. The minimum atomic E-state index is 0.125. The van der Waals surface area contributed by atoms with E-state index in [-0.39, 0.29) is 6.17 Å². The average molecular weight is 419 g/mol. The van der Waals surface area contributed by atoms with Crippen molar-refractivity contribution in [3.05, 3.63) is 90.2 Å². The summed E-state index contributed by atoms with van der Waals surface area (Å²) in [5.41, 5.74) is 9.50. The van der Waals surface area contributed by atoms with Gasteiger partial charge < -0.3 is 14.7 Å². The van der Waals surface area contributed by atoms with Crippen LogP contribution in [0.5, 0.6) is 0 Å². The van der Waals surface area contributed by atoms with Crippen molar-refractivity contribution in [3.8, 4) is 0 Å². The van der Waals surface area contributed by atoms with Gasteiger partial charge in [0.2, 0.25) is 0 Å². The summed E-state index contributed by atoms with van der Waals surface area (Å²) >= 11 is 0. The molecule has 5 heterocycles. The number of benzene rings is 2. The Bertz CT molecular complexity index is 1380. The topological polar surface area (TPSA) is 38.7 Å². The highest BCUT2D eigenvalue weighted by Crippen LogP contribution is 2.68. The van der Waals surface area contributed by atoms with Crippen LogP contribution in [0.25, 0.3) is 5.57 Å². The van der Waals surface area contributed by atoms with Crippen molar-refractivity contribution in [2.24, 2.45) is 5.92 Å². The first-order chi connectivity index (χ1) is 15.8. The van der Waals surface area contributed by atoms with E-state index in [0.29, 0.717) is 18.0 Å². The Labute approximate surface area is 186 Å². The van der Waals surface area contributed by atoms with Crippen LogP contribution in [0, 0.1) is 5.92 Å². The molecule has 0 radical (unpaired) electrons. The summed E-state index contributed by atoms with van der Waals surface area (Å²) in [6.07, 6.45) is 8.52. The number of rotatable bonds is 0. The van der Waals surface area contributed by atoms with Crippen LogP contribution in [0.1, 0.15) is 17.0 Å². The number of anilines is 4. The molecule has 0 bridgehead atoms. The van der Waals surface area contributed by atoms with Gasteiger partial charge in [0.15, 0.2) is 5.82 Å². The lowest BCUT2D eigenvalue weighted by molar-refractivity contribution is 0.319. The molecule has 0 saturated heterocycles. The molecule has 0 spiro atoms. The normalized spacial score (nSPS) is 30.1. The molecule has 4 atom stereocenters. The van der Waals surface area contributed by atoms with Crippen molar-refractivity contribution in [1.82, 2.24) is 14.9 Å². The largest absolute Gasteiger partial charge is 0.358 e. The molecule has 6 heteroatoms. The quantitative estimate of drug-likeness (QED) is 0.547. The molecule has 1 aliphatic carbocycles. The lowest BCUT2D eigenvalue weighted by Gasteiger charge is -2.35. The fraction of sp³-hybridized carbons (Fsp3) is 0.231. The Morgan fingerprint density at radius 2 is 1.69 bits per heavy atom. The van der Waals surface area contributed by atoms with Gasteiger partial charge in [0, 0.05) is 55.2 Å². The zero-order valence-corrected chi connectivity index (χ0v) is 17.9. The third kappa shape index (κ3) is 1.80. The fourth-order valence-corrected chi connectivity index (χ4v) is 6.60. The molecule has 1 saturated carbocycles. The number of hydrogen-bond donors (Lipinski definition) is 0. The molecule has 4 aliphatic heterocycles. The second-order valence-corrected chi connectivity index (χ2v) is 9.32. The van der Waals surface area contributed by atoms with Crippen LogP contribution in [0.4, 0.5) is 22.9 Å². The minimum absolute atomic E-state index is 0.125. The van der Waals surface area contributed by atoms with Crippen LogP contribution < -0.4 is 14.7 Å². The summed E-state index contributed by atoms with van der Waals surface area (Å²) in [7, 11) is 4.38. The molecule has 8 rings (SSSR count). The molecule has 32 heavy (non-hydrogen) atoms. The molecule has 1 aromatic heterocycles. The average Bonchev–Trinajstić information content (AvgIpc) is 3.13. The van der Waals surface area contributed by atoms with Gasteiger partial charge in [-0.05, 0) is 23.3 Å². The first kappa shape index (κ1) is 16.8. The highest BCUT2D eigenvalue weighted by atomic mass is 15.5. The van der Waals surface area contributed by atoms with Gasteiger partial charge in [-0.15, -0.1) is 0 Å². The zero-order chi connectivity index (χ0) is 21.1. The fourth-order valence-electron chi connectivity index (χ4n) is 6.60. The van der Waals surface area contributed by atoms with Crippen LogP contribution in [0.3, 0.4) is 0 Å². The van der Waals surface area contributed by atoms with Crippen molar-refractivity contribution < 1.29 is 0 Å². The Kier molecular flexibility index (Phi) is 2.90. The molecule has 3 aromatic rings. The maximum Gasteiger partial charge on any atom is 0.162 e. The summed E-state index contributed by atoms with van der Waals surface area (Å²) in [6, 6.07) is 17.7. The van der Waals surface area contributed by atoms with E-state index in [1.165, 1.54) is 28.1 Å². The number of para-hydroxylation sites is 2. The predicted octanol–water partition coefficient (Wildman–Crippen LogP) is 4.13. The third-order valence-corrected chi connectivity index (χ3v) is 7.90. The maximum absolute atomic E-state index is 4.68. The lowest BCUT2D eigenvalue weighted by atomic mass is 9.99. The number of fused-ring (bicyclic) bond motifs is 11. The van der Waals surface area contributed by atoms with Gasteiger partial charge >= 0.3 is 0 Å². The van der Waals surface area contributed by atoms with E-state index in [9.17, 15) is 0 Å². The molecule has 4 unspecified atom stereocenters. The highest BCUT2D eigenvalue weighted by molar-refractivity contribution is 6.01. The summed E-state index contributed by atoms with van der Waals surface area (Å²) in [6.45, 7) is 0. The lowest BCUT2D eigenvalue weighted by Crippen LogP contribution is -2.41. The van der Waals surface area contributed by atoms with Gasteiger partial charge in [-0.2, -0.15) is 0 Å². The first-order valence-corrected chi connectivity index (χ1v) is 11.2. The van der Waals surface area contributed by atoms with Crippen molar-refractivity contribution in [3.63, 3.8) is 0 Å². The van der Waals surface area contributed by atoms with E-state index in [4.69, 9.17) is 0 Å². The Morgan fingerprint density at radius 3 is 2.59 bits per heavy atom. The molecule has 1 fully saturated rings. The van der Waals surface area contributed by atoms with Crippen molar-refractivity contribution in [2.45, 2.75) is 18.2 Å². The third-order valence-electron chi connectivity index (χ3n) is 7.90. The Balaban J connectivity index is 1.39. The summed E-state index contributed by atoms with van der Waals surface area (Å²) in [5, 5.41) is 0. The molecular weight excluding hydrogens is 396 g/mol. The molecule has 2 aromatic carbocycles. The van der Waals surface area contributed by atoms with Gasteiger partial charge in [-0.25, -0.2) is 9.97 Å². The number of hydrogen-bond acceptors (Lipinski definition) is 6. The number of aromatic nitrogens is 2. The minimum Gasteiger partial charge on any atom is -0.358 e. The van der Waals surface area contributed by atoms with E-state index in [1.807, 2.05) is 6.20 Å². The van der Waals surface area contributed by atoms with Crippen LogP contribution >= 0.6 is 0 Å². The monoisotopic (exact) mass is 418 g/mol. The van der Waals surface area contributed by atoms with Crippen LogP contribution in [-0.4, -0.2) is 41.3 Å². The van der Waals surface area contributed by atoms with Crippen molar-refractivity contribution >= 4 is 28.5 Å². The van der Waals surface area contributed by atoms with Crippen molar-refractivity contribution in [2.75, 3.05) is 28.8 Å². The van der Waals surface area contributed by atoms with Crippen LogP contribution in [-0.2, 0) is 0 Å². The summed E-state index contributed by atoms with van der Waals surface area (Å²) < 4.78 is 0. The van der Waals surface area contributed by atoms with Crippen LogP contribution in [0.2, 0.25) is 0 Å². The van der Waals surface area contributed by atoms with E-state index >= 15 is 0 Å². The Morgan fingerprint density at radius 1 is 0.875 bits per heavy atom. The first-order valence-electron chi connectivity index (χ1n) is 11.2. The SMILES string of the molecule is CN1C=CN2c3ccccc3C3/C(=C4\c5ccccc5N5c6ncncc6N(C)C45)C3C12. The van der Waals surface area contributed by atoms with Gasteiger partial charge in [0.1, 0.15) is 24.3 Å². The molecular formula is C26H22N6. The van der Waals surface area contributed by atoms with E-state index < -0.39 is 0 Å². The summed E-state index contributed by atoms with van der Waals surface area (Å²) in [4.78, 5) is 18.6. The smallest absolute Gasteiger partial charge is 0.162 e. The predicted molar refractivity (Wildman–Crippen MR) is 126 cm³/mol. The molecule has 6 nitrogen and oxygen atoms in total. The Hall–Kier alpha value is -3.80. The standard InChI is InChI=1S/C26H22N6/c1-29-11-12-31-17-9-5-3-7-15(17)20-22(23(20)25(29)31)21-16-8-4-6-10-18(16)32-24-19(13-27-14-28-24)30(2)26(21)32/h3-14,20,23,25-26H,1-2H3/b22-21-. The number of likely N-dealkylation sites (N-methyl/N-ethyl adjacent to an activating group) is 1. The molecule has 0 amide bonds. The van der Waals surface area contributed by atoms with E-state index in [2.05, 4.69) is 105 Å². The van der Waals surface area contributed by atoms with Gasteiger partial charge in [0.25, 0.3) is 0 Å². The molecule has 0 N–H and O–H groups in total.